The normalized spacial score (nSPS) is 11.3. The van der Waals surface area contributed by atoms with Crippen molar-refractivity contribution in [3.05, 3.63) is 36.5 Å². The lowest BCUT2D eigenvalue weighted by molar-refractivity contribution is 0.0590. The van der Waals surface area contributed by atoms with Gasteiger partial charge in [0.1, 0.15) is 0 Å². The molecule has 104 valence electrons. The predicted octanol–water partition coefficient (Wildman–Crippen LogP) is 1.29. The van der Waals surface area contributed by atoms with Crippen molar-refractivity contribution in [1.29, 1.82) is 0 Å². The summed E-state index contributed by atoms with van der Waals surface area (Å²) in [6.07, 6.45) is 2.92. The van der Waals surface area contributed by atoms with Crippen molar-refractivity contribution < 1.29 is 17.9 Å². The van der Waals surface area contributed by atoms with Crippen LogP contribution in [0.25, 0.3) is 0 Å². The molecule has 0 saturated heterocycles. The van der Waals surface area contributed by atoms with Crippen LogP contribution >= 0.6 is 11.3 Å². The molecule has 1 aromatic rings. The Morgan fingerprint density at radius 1 is 1.47 bits per heavy atom. The molecule has 1 rings (SSSR count). The highest BCUT2D eigenvalue weighted by Gasteiger charge is 2.30. The SMILES string of the molecule is C=CCN(CC=C)S(=O)(=O)c1scnc1C(=O)OC. The van der Waals surface area contributed by atoms with Crippen molar-refractivity contribution in [2.24, 2.45) is 0 Å². The monoisotopic (exact) mass is 302 g/mol. The van der Waals surface area contributed by atoms with E-state index in [1.54, 1.807) is 0 Å². The number of thiazole rings is 1. The summed E-state index contributed by atoms with van der Waals surface area (Å²) < 4.78 is 30.3. The van der Waals surface area contributed by atoms with Gasteiger partial charge < -0.3 is 4.74 Å². The maximum Gasteiger partial charge on any atom is 0.358 e. The predicted molar refractivity (Wildman–Crippen MR) is 72.6 cm³/mol. The van der Waals surface area contributed by atoms with Crippen molar-refractivity contribution in [2.75, 3.05) is 20.2 Å². The van der Waals surface area contributed by atoms with Gasteiger partial charge in [-0.3, -0.25) is 0 Å². The lowest BCUT2D eigenvalue weighted by Crippen LogP contribution is -2.32. The Hall–Kier alpha value is -1.51. The summed E-state index contributed by atoms with van der Waals surface area (Å²) in [5.41, 5.74) is 1.09. The number of carbonyl (C=O) groups is 1. The van der Waals surface area contributed by atoms with Crippen molar-refractivity contribution in [3.63, 3.8) is 0 Å². The lowest BCUT2D eigenvalue weighted by Gasteiger charge is -2.18. The Labute approximate surface area is 116 Å². The minimum absolute atomic E-state index is 0.118. The first-order valence-electron chi connectivity index (χ1n) is 5.22. The van der Waals surface area contributed by atoms with E-state index in [-0.39, 0.29) is 23.0 Å². The lowest BCUT2D eigenvalue weighted by atomic mass is 10.5. The number of methoxy groups -OCH3 is 1. The van der Waals surface area contributed by atoms with E-state index in [0.717, 1.165) is 15.6 Å². The first-order chi connectivity index (χ1) is 8.98. The largest absolute Gasteiger partial charge is 0.464 e. The number of hydrogen-bond donors (Lipinski definition) is 0. The summed E-state index contributed by atoms with van der Waals surface area (Å²) in [4.78, 5) is 15.2. The molecule has 0 saturated carbocycles. The average molecular weight is 302 g/mol. The first-order valence-corrected chi connectivity index (χ1v) is 7.54. The standard InChI is InChI=1S/C11H14N2O4S2/c1-4-6-13(7-5-2)19(15,16)11-9(10(14)17-3)12-8-18-11/h4-5,8H,1-2,6-7H2,3H3. The third kappa shape index (κ3) is 3.28. The fraction of sp³-hybridized carbons (Fsp3) is 0.273. The van der Waals surface area contributed by atoms with Crippen LogP contribution in [0.4, 0.5) is 0 Å². The minimum Gasteiger partial charge on any atom is -0.464 e. The maximum atomic E-state index is 12.4. The van der Waals surface area contributed by atoms with Gasteiger partial charge in [-0.2, -0.15) is 4.31 Å². The molecule has 0 spiro atoms. The van der Waals surface area contributed by atoms with Crippen molar-refractivity contribution in [1.82, 2.24) is 9.29 Å². The zero-order valence-electron chi connectivity index (χ0n) is 10.4. The van der Waals surface area contributed by atoms with Crippen molar-refractivity contribution in [3.8, 4) is 0 Å². The van der Waals surface area contributed by atoms with Crippen LogP contribution < -0.4 is 0 Å². The number of aromatic nitrogens is 1. The Morgan fingerprint density at radius 3 is 2.53 bits per heavy atom. The van der Waals surface area contributed by atoms with E-state index in [9.17, 15) is 13.2 Å². The summed E-state index contributed by atoms with van der Waals surface area (Å²) >= 11 is 0.870. The molecule has 0 aliphatic carbocycles. The minimum atomic E-state index is -3.82. The molecule has 0 aromatic carbocycles. The molecule has 1 aromatic heterocycles. The van der Waals surface area contributed by atoms with Crippen LogP contribution in [-0.2, 0) is 14.8 Å². The third-order valence-electron chi connectivity index (χ3n) is 2.15. The van der Waals surface area contributed by atoms with Gasteiger partial charge in [0.15, 0.2) is 9.90 Å². The van der Waals surface area contributed by atoms with Gasteiger partial charge in [-0.1, -0.05) is 12.2 Å². The second kappa shape index (κ2) is 6.60. The number of esters is 1. The topological polar surface area (TPSA) is 76.6 Å². The molecule has 0 N–H and O–H groups in total. The van der Waals surface area contributed by atoms with Crippen LogP contribution in [0.5, 0.6) is 0 Å². The molecule has 6 nitrogen and oxygen atoms in total. The van der Waals surface area contributed by atoms with Gasteiger partial charge in [-0.15, -0.1) is 24.5 Å². The van der Waals surface area contributed by atoms with Crippen LogP contribution in [-0.4, -0.2) is 43.9 Å². The fourth-order valence-electron chi connectivity index (χ4n) is 1.33. The Balaban J connectivity index is 3.25. The molecule has 0 amide bonds. The average Bonchev–Trinajstić information content (AvgIpc) is 2.87. The quantitative estimate of drug-likeness (QED) is 0.560. The summed E-state index contributed by atoms with van der Waals surface area (Å²) in [6.45, 7) is 7.25. The molecule has 19 heavy (non-hydrogen) atoms. The van der Waals surface area contributed by atoms with E-state index in [1.165, 1.54) is 24.8 Å². The Bertz CT molecular complexity index is 567. The second-order valence-corrected chi connectivity index (χ2v) is 6.37. The van der Waals surface area contributed by atoms with Gasteiger partial charge in [0.2, 0.25) is 0 Å². The molecule has 0 aliphatic heterocycles. The molecule has 0 unspecified atom stereocenters. The zero-order valence-corrected chi connectivity index (χ0v) is 12.0. The van der Waals surface area contributed by atoms with E-state index >= 15 is 0 Å². The van der Waals surface area contributed by atoms with Gasteiger partial charge in [0.25, 0.3) is 10.0 Å². The van der Waals surface area contributed by atoms with Gasteiger partial charge in [0.05, 0.1) is 12.6 Å². The smallest absolute Gasteiger partial charge is 0.358 e. The molecular weight excluding hydrogens is 288 g/mol. The maximum absolute atomic E-state index is 12.4. The summed E-state index contributed by atoms with van der Waals surface area (Å²) in [5.74, 6) is -0.781. The van der Waals surface area contributed by atoms with Crippen LogP contribution in [0.15, 0.2) is 35.0 Å². The highest BCUT2D eigenvalue weighted by atomic mass is 32.2. The Kier molecular flexibility index (Phi) is 5.40. The Morgan fingerprint density at radius 2 is 2.05 bits per heavy atom. The molecule has 8 heteroatoms. The fourth-order valence-corrected chi connectivity index (χ4v) is 3.98. The molecule has 0 atom stereocenters. The van der Waals surface area contributed by atoms with Gasteiger partial charge in [0, 0.05) is 13.1 Å². The van der Waals surface area contributed by atoms with Crippen LogP contribution in [0, 0.1) is 0 Å². The van der Waals surface area contributed by atoms with Crippen LogP contribution in [0.3, 0.4) is 0 Å². The van der Waals surface area contributed by atoms with Crippen LogP contribution in [0.2, 0.25) is 0 Å². The molecule has 0 aliphatic rings. The first kappa shape index (κ1) is 15.5. The number of carbonyl (C=O) groups excluding carboxylic acids is 1. The summed E-state index contributed by atoms with van der Waals surface area (Å²) in [5, 5.41) is 0. The molecule has 0 radical (unpaired) electrons. The summed E-state index contributed by atoms with van der Waals surface area (Å²) in [7, 11) is -2.65. The van der Waals surface area contributed by atoms with Gasteiger partial charge in [-0.25, -0.2) is 18.2 Å². The zero-order chi connectivity index (χ0) is 14.5. The highest BCUT2D eigenvalue weighted by Crippen LogP contribution is 2.24. The number of hydrogen-bond acceptors (Lipinski definition) is 6. The second-order valence-electron chi connectivity index (χ2n) is 3.38. The van der Waals surface area contributed by atoms with E-state index < -0.39 is 16.0 Å². The van der Waals surface area contributed by atoms with Gasteiger partial charge in [-0.05, 0) is 0 Å². The van der Waals surface area contributed by atoms with E-state index in [1.807, 2.05) is 0 Å². The van der Waals surface area contributed by atoms with Gasteiger partial charge >= 0.3 is 5.97 Å². The molecule has 0 fully saturated rings. The van der Waals surface area contributed by atoms with Crippen molar-refractivity contribution >= 4 is 27.3 Å². The number of sulfonamides is 1. The highest BCUT2D eigenvalue weighted by molar-refractivity contribution is 7.91. The summed E-state index contributed by atoms with van der Waals surface area (Å²) in [6, 6.07) is 0. The number of ether oxygens (including phenoxy) is 1. The van der Waals surface area contributed by atoms with Crippen LogP contribution in [0.1, 0.15) is 10.5 Å². The van der Waals surface area contributed by atoms with E-state index in [2.05, 4.69) is 22.9 Å². The van der Waals surface area contributed by atoms with E-state index in [4.69, 9.17) is 0 Å². The number of nitrogens with zero attached hydrogens (tertiary/aromatic N) is 2. The molecular formula is C11H14N2O4S2. The number of rotatable bonds is 7. The molecule has 0 bridgehead atoms. The third-order valence-corrected chi connectivity index (χ3v) is 5.33. The van der Waals surface area contributed by atoms with E-state index in [0.29, 0.717) is 0 Å². The molecule has 1 heterocycles. The van der Waals surface area contributed by atoms with Crippen molar-refractivity contribution in [2.45, 2.75) is 4.21 Å².